The van der Waals surface area contributed by atoms with Gasteiger partial charge in [-0.2, -0.15) is 0 Å². The van der Waals surface area contributed by atoms with Crippen molar-refractivity contribution in [2.24, 2.45) is 5.92 Å². The standard InChI is InChI=1S/C14H22O6/c1-6-9(4)12(15)20-11(14(17)19-8-3)10(5)13(16)18-7-2/h10-11H,4,6-8H2,1-3,5H3. The van der Waals surface area contributed by atoms with Gasteiger partial charge in [0.2, 0.25) is 6.10 Å². The summed E-state index contributed by atoms with van der Waals surface area (Å²) >= 11 is 0. The third kappa shape index (κ3) is 5.42. The van der Waals surface area contributed by atoms with E-state index in [1.54, 1.807) is 20.8 Å². The second-order valence-corrected chi connectivity index (χ2v) is 4.08. The van der Waals surface area contributed by atoms with Gasteiger partial charge in [0.25, 0.3) is 0 Å². The van der Waals surface area contributed by atoms with E-state index in [1.807, 2.05) is 0 Å². The summed E-state index contributed by atoms with van der Waals surface area (Å²) < 4.78 is 14.7. The quantitative estimate of drug-likeness (QED) is 0.383. The van der Waals surface area contributed by atoms with Crippen LogP contribution in [0.2, 0.25) is 0 Å². The van der Waals surface area contributed by atoms with E-state index in [0.29, 0.717) is 6.42 Å². The smallest absolute Gasteiger partial charge is 0.348 e. The van der Waals surface area contributed by atoms with Crippen molar-refractivity contribution in [2.45, 2.75) is 40.2 Å². The first kappa shape index (κ1) is 18.1. The van der Waals surface area contributed by atoms with Gasteiger partial charge >= 0.3 is 17.9 Å². The van der Waals surface area contributed by atoms with E-state index < -0.39 is 29.9 Å². The number of hydrogen-bond acceptors (Lipinski definition) is 6. The lowest BCUT2D eigenvalue weighted by molar-refractivity contribution is -0.175. The Hall–Kier alpha value is -1.85. The molecule has 0 amide bonds. The van der Waals surface area contributed by atoms with Crippen molar-refractivity contribution in [2.75, 3.05) is 13.2 Å². The predicted octanol–water partition coefficient (Wildman–Crippen LogP) is 1.63. The topological polar surface area (TPSA) is 78.9 Å². The molecule has 114 valence electrons. The Balaban J connectivity index is 4.98. The van der Waals surface area contributed by atoms with Crippen molar-refractivity contribution in [3.8, 4) is 0 Å². The maximum atomic E-state index is 11.8. The molecule has 0 aromatic heterocycles. The molecule has 0 rings (SSSR count). The second-order valence-electron chi connectivity index (χ2n) is 4.08. The molecule has 6 heteroatoms. The Morgan fingerprint density at radius 2 is 1.50 bits per heavy atom. The maximum absolute atomic E-state index is 11.8. The Morgan fingerprint density at radius 3 is 1.95 bits per heavy atom. The Labute approximate surface area is 119 Å². The summed E-state index contributed by atoms with van der Waals surface area (Å²) in [5.41, 5.74) is 0.218. The van der Waals surface area contributed by atoms with Gasteiger partial charge in [0.1, 0.15) is 5.92 Å². The summed E-state index contributed by atoms with van der Waals surface area (Å²) in [6.45, 7) is 10.3. The third-order valence-electron chi connectivity index (χ3n) is 2.58. The lowest BCUT2D eigenvalue weighted by atomic mass is 10.1. The molecular weight excluding hydrogens is 264 g/mol. The van der Waals surface area contributed by atoms with Crippen molar-refractivity contribution in [3.05, 3.63) is 12.2 Å². The van der Waals surface area contributed by atoms with Crippen LogP contribution >= 0.6 is 0 Å². The van der Waals surface area contributed by atoms with Gasteiger partial charge < -0.3 is 14.2 Å². The normalized spacial score (nSPS) is 13.0. The summed E-state index contributed by atoms with van der Waals surface area (Å²) in [6.07, 6.45) is -0.938. The van der Waals surface area contributed by atoms with Crippen LogP contribution in [0.1, 0.15) is 34.1 Å². The summed E-state index contributed by atoms with van der Waals surface area (Å²) in [5, 5.41) is 0. The minimum atomic E-state index is -1.33. The maximum Gasteiger partial charge on any atom is 0.348 e. The number of esters is 3. The Kier molecular flexibility index (Phi) is 8.27. The van der Waals surface area contributed by atoms with E-state index in [4.69, 9.17) is 14.2 Å². The Bertz CT molecular complexity index is 374. The first-order chi connectivity index (χ1) is 9.38. The molecule has 0 N–H and O–H groups in total. The highest BCUT2D eigenvalue weighted by atomic mass is 16.6. The molecule has 0 radical (unpaired) electrons. The molecule has 0 aliphatic rings. The highest BCUT2D eigenvalue weighted by Gasteiger charge is 2.36. The number of carbonyl (C=O) groups excluding carboxylic acids is 3. The average molecular weight is 286 g/mol. The number of carbonyl (C=O) groups is 3. The number of hydrogen-bond donors (Lipinski definition) is 0. The molecular formula is C14H22O6. The van der Waals surface area contributed by atoms with E-state index in [-0.39, 0.29) is 18.8 Å². The van der Waals surface area contributed by atoms with Gasteiger partial charge in [0.05, 0.1) is 13.2 Å². The van der Waals surface area contributed by atoms with Crippen LogP contribution in [-0.4, -0.2) is 37.2 Å². The fraction of sp³-hybridized carbons (Fsp3) is 0.643. The monoisotopic (exact) mass is 286 g/mol. The molecule has 2 unspecified atom stereocenters. The summed E-state index contributed by atoms with van der Waals surface area (Å²) in [6, 6.07) is 0. The summed E-state index contributed by atoms with van der Waals surface area (Å²) in [4.78, 5) is 35.2. The van der Waals surface area contributed by atoms with E-state index in [2.05, 4.69) is 6.58 Å². The highest BCUT2D eigenvalue weighted by Crippen LogP contribution is 2.15. The largest absolute Gasteiger partial charge is 0.466 e. The molecule has 0 aliphatic carbocycles. The minimum Gasteiger partial charge on any atom is -0.466 e. The van der Waals surface area contributed by atoms with Gasteiger partial charge in [0, 0.05) is 5.57 Å². The molecule has 0 saturated heterocycles. The molecule has 0 aliphatic heterocycles. The van der Waals surface area contributed by atoms with Crippen LogP contribution in [0.4, 0.5) is 0 Å². The fourth-order valence-corrected chi connectivity index (χ4v) is 1.32. The Morgan fingerprint density at radius 1 is 1.00 bits per heavy atom. The van der Waals surface area contributed by atoms with Crippen molar-refractivity contribution >= 4 is 17.9 Å². The van der Waals surface area contributed by atoms with Gasteiger partial charge in [-0.15, -0.1) is 0 Å². The molecule has 0 spiro atoms. The van der Waals surface area contributed by atoms with E-state index in [9.17, 15) is 14.4 Å². The molecule has 2 atom stereocenters. The van der Waals surface area contributed by atoms with Crippen molar-refractivity contribution < 1.29 is 28.6 Å². The summed E-state index contributed by atoms with van der Waals surface area (Å²) in [5.74, 6) is -3.06. The van der Waals surface area contributed by atoms with Gasteiger partial charge in [-0.05, 0) is 27.2 Å². The summed E-state index contributed by atoms with van der Waals surface area (Å²) in [7, 11) is 0. The molecule has 20 heavy (non-hydrogen) atoms. The highest BCUT2D eigenvalue weighted by molar-refractivity contribution is 5.91. The molecule has 0 heterocycles. The lowest BCUT2D eigenvalue weighted by Crippen LogP contribution is -2.39. The zero-order valence-corrected chi connectivity index (χ0v) is 12.4. The van der Waals surface area contributed by atoms with E-state index in [0.717, 1.165) is 0 Å². The van der Waals surface area contributed by atoms with Crippen LogP contribution in [0, 0.1) is 5.92 Å². The first-order valence-corrected chi connectivity index (χ1v) is 6.60. The van der Waals surface area contributed by atoms with Crippen molar-refractivity contribution in [1.29, 1.82) is 0 Å². The number of ether oxygens (including phenoxy) is 3. The van der Waals surface area contributed by atoms with Crippen LogP contribution in [0.5, 0.6) is 0 Å². The second kappa shape index (κ2) is 9.12. The van der Waals surface area contributed by atoms with Crippen molar-refractivity contribution in [3.63, 3.8) is 0 Å². The average Bonchev–Trinajstić information content (AvgIpc) is 2.43. The molecule has 0 bridgehead atoms. The van der Waals surface area contributed by atoms with Gasteiger partial charge in [-0.3, -0.25) is 4.79 Å². The van der Waals surface area contributed by atoms with E-state index >= 15 is 0 Å². The lowest BCUT2D eigenvalue weighted by Gasteiger charge is -2.21. The zero-order valence-electron chi connectivity index (χ0n) is 12.4. The molecule has 6 nitrogen and oxygen atoms in total. The first-order valence-electron chi connectivity index (χ1n) is 6.60. The van der Waals surface area contributed by atoms with Crippen LogP contribution < -0.4 is 0 Å². The van der Waals surface area contributed by atoms with Crippen LogP contribution in [-0.2, 0) is 28.6 Å². The molecule has 0 fully saturated rings. The van der Waals surface area contributed by atoms with Crippen LogP contribution in [0.3, 0.4) is 0 Å². The van der Waals surface area contributed by atoms with Crippen LogP contribution in [0.15, 0.2) is 12.2 Å². The third-order valence-corrected chi connectivity index (χ3v) is 2.58. The molecule has 0 aromatic rings. The van der Waals surface area contributed by atoms with Gasteiger partial charge in [-0.25, -0.2) is 9.59 Å². The van der Waals surface area contributed by atoms with Crippen LogP contribution in [0.25, 0.3) is 0 Å². The SMILES string of the molecule is C=C(CC)C(=O)OC(C(=O)OCC)C(C)C(=O)OCC. The van der Waals surface area contributed by atoms with E-state index in [1.165, 1.54) is 6.92 Å². The minimum absolute atomic E-state index is 0.122. The molecule has 0 saturated carbocycles. The van der Waals surface area contributed by atoms with Gasteiger partial charge in [-0.1, -0.05) is 13.5 Å². The predicted molar refractivity (Wildman–Crippen MR) is 71.7 cm³/mol. The van der Waals surface area contributed by atoms with Gasteiger partial charge in [0.15, 0.2) is 0 Å². The zero-order chi connectivity index (χ0) is 15.7. The molecule has 0 aromatic carbocycles. The van der Waals surface area contributed by atoms with Crippen molar-refractivity contribution in [1.82, 2.24) is 0 Å². The number of rotatable bonds is 8. The fourth-order valence-electron chi connectivity index (χ4n) is 1.32.